The predicted octanol–water partition coefficient (Wildman–Crippen LogP) is 1.82. The lowest BCUT2D eigenvalue weighted by atomic mass is 10.1. The zero-order chi connectivity index (χ0) is 17.4. The van der Waals surface area contributed by atoms with Gasteiger partial charge in [0.2, 0.25) is 0 Å². The first-order valence-corrected chi connectivity index (χ1v) is 6.97. The molecule has 9 heteroatoms. The lowest BCUT2D eigenvalue weighted by Crippen LogP contribution is -2.42. The van der Waals surface area contributed by atoms with Crippen LogP contribution < -0.4 is 5.32 Å². The summed E-state index contributed by atoms with van der Waals surface area (Å²) in [5, 5.41) is 31.5. The van der Waals surface area contributed by atoms with Crippen molar-refractivity contribution in [2.75, 3.05) is 6.61 Å². The van der Waals surface area contributed by atoms with Gasteiger partial charge in [-0.05, 0) is 18.1 Å². The number of ether oxygens (including phenoxy) is 1. The summed E-state index contributed by atoms with van der Waals surface area (Å²) in [5.41, 5.74) is -0.243. The summed E-state index contributed by atoms with van der Waals surface area (Å²) in [6, 6.07) is 2.22. The number of unbranched alkanes of at least 4 members (excludes halogenated alkanes) is 1. The van der Waals surface area contributed by atoms with Crippen LogP contribution in [0.4, 0.5) is 10.5 Å². The monoisotopic (exact) mass is 326 g/mol. The second kappa shape index (κ2) is 8.57. The molecule has 0 aliphatic carbocycles. The molecular formula is C14H18N2O7. The number of phenols is 1. The van der Waals surface area contributed by atoms with Crippen molar-refractivity contribution >= 4 is 17.7 Å². The summed E-state index contributed by atoms with van der Waals surface area (Å²) in [7, 11) is 0. The summed E-state index contributed by atoms with van der Waals surface area (Å²) >= 11 is 0. The molecule has 3 N–H and O–H groups in total. The minimum atomic E-state index is -1.30. The number of carboxylic acids is 1. The zero-order valence-electron chi connectivity index (χ0n) is 12.5. The number of aliphatic carboxylic acids is 1. The maximum absolute atomic E-state index is 11.5. The van der Waals surface area contributed by atoms with Gasteiger partial charge in [0, 0.05) is 12.5 Å². The van der Waals surface area contributed by atoms with E-state index in [9.17, 15) is 24.8 Å². The number of aromatic hydroxyl groups is 1. The molecule has 0 heterocycles. The fraction of sp³-hybridized carbons (Fsp3) is 0.429. The van der Waals surface area contributed by atoms with E-state index in [1.54, 1.807) is 0 Å². The van der Waals surface area contributed by atoms with Gasteiger partial charge in [-0.25, -0.2) is 9.59 Å². The number of nitro groups is 1. The molecule has 0 fully saturated rings. The van der Waals surface area contributed by atoms with Crippen molar-refractivity contribution in [3.05, 3.63) is 33.9 Å². The quantitative estimate of drug-likeness (QED) is 0.376. The highest BCUT2D eigenvalue weighted by Crippen LogP contribution is 2.26. The minimum absolute atomic E-state index is 0.180. The number of carboxylic acid groups (broad SMARTS) is 1. The van der Waals surface area contributed by atoms with Crippen LogP contribution in [0.25, 0.3) is 0 Å². The van der Waals surface area contributed by atoms with Crippen LogP contribution in [0.3, 0.4) is 0 Å². The number of alkyl carbamates (subject to hydrolysis) is 1. The van der Waals surface area contributed by atoms with Crippen LogP contribution in [-0.4, -0.2) is 39.8 Å². The third kappa shape index (κ3) is 5.81. The fourth-order valence-corrected chi connectivity index (χ4v) is 1.77. The molecule has 0 aliphatic rings. The number of nitrogens with one attached hydrogen (secondary N) is 1. The minimum Gasteiger partial charge on any atom is -0.502 e. The van der Waals surface area contributed by atoms with Gasteiger partial charge in [0.1, 0.15) is 6.04 Å². The Bertz CT molecular complexity index is 588. The van der Waals surface area contributed by atoms with Crippen LogP contribution in [0.15, 0.2) is 18.2 Å². The van der Waals surface area contributed by atoms with E-state index >= 15 is 0 Å². The lowest BCUT2D eigenvalue weighted by molar-refractivity contribution is -0.385. The number of carbonyl (C=O) groups is 2. The Hall–Kier alpha value is -2.84. The van der Waals surface area contributed by atoms with Gasteiger partial charge in [0.25, 0.3) is 0 Å². The maximum Gasteiger partial charge on any atom is 0.407 e. The van der Waals surface area contributed by atoms with E-state index in [-0.39, 0.29) is 18.6 Å². The highest BCUT2D eigenvalue weighted by atomic mass is 16.6. The molecular weight excluding hydrogens is 308 g/mol. The SMILES string of the molecule is CCCCOC(=O)NC(Cc1ccc(O)c([N+](=O)[O-])c1)C(=O)O. The number of carbonyl (C=O) groups excluding carboxylic acids is 1. The maximum atomic E-state index is 11.5. The number of rotatable bonds is 8. The van der Waals surface area contributed by atoms with Gasteiger partial charge in [-0.3, -0.25) is 10.1 Å². The van der Waals surface area contributed by atoms with E-state index in [2.05, 4.69) is 5.32 Å². The summed E-state index contributed by atoms with van der Waals surface area (Å²) < 4.78 is 4.82. The van der Waals surface area contributed by atoms with Crippen molar-refractivity contribution in [1.29, 1.82) is 0 Å². The summed E-state index contributed by atoms with van der Waals surface area (Å²) in [5.74, 6) is -1.81. The number of benzene rings is 1. The first-order valence-electron chi connectivity index (χ1n) is 6.97. The van der Waals surface area contributed by atoms with Gasteiger partial charge in [-0.2, -0.15) is 0 Å². The molecule has 1 amide bonds. The normalized spacial score (nSPS) is 11.5. The molecule has 126 valence electrons. The molecule has 0 bridgehead atoms. The van der Waals surface area contributed by atoms with E-state index in [0.29, 0.717) is 6.42 Å². The number of phenolic OH excluding ortho intramolecular Hbond substituents is 1. The molecule has 1 rings (SSSR count). The van der Waals surface area contributed by atoms with Gasteiger partial charge in [-0.15, -0.1) is 0 Å². The summed E-state index contributed by atoms with van der Waals surface area (Å²) in [6.45, 7) is 2.10. The van der Waals surface area contributed by atoms with Crippen molar-refractivity contribution in [3.63, 3.8) is 0 Å². The van der Waals surface area contributed by atoms with E-state index in [1.165, 1.54) is 6.07 Å². The standard InChI is InChI=1S/C14H18N2O7/c1-2-3-6-23-14(20)15-10(13(18)19)7-9-4-5-12(17)11(8-9)16(21)22/h4-5,8,10,17H,2-3,6-7H2,1H3,(H,15,20)(H,18,19). The third-order valence-corrected chi connectivity index (χ3v) is 3.00. The number of amides is 1. The first-order chi connectivity index (χ1) is 10.8. The zero-order valence-corrected chi connectivity index (χ0v) is 12.5. The molecule has 0 aliphatic heterocycles. The van der Waals surface area contributed by atoms with Crippen LogP contribution in [-0.2, 0) is 16.0 Å². The molecule has 1 aromatic rings. The smallest absolute Gasteiger partial charge is 0.407 e. The predicted molar refractivity (Wildman–Crippen MR) is 79.3 cm³/mol. The molecule has 0 saturated carbocycles. The molecule has 1 atom stereocenters. The Kier molecular flexibility index (Phi) is 6.78. The van der Waals surface area contributed by atoms with Gasteiger partial charge in [-0.1, -0.05) is 19.4 Å². The Morgan fingerprint density at radius 1 is 1.43 bits per heavy atom. The van der Waals surface area contributed by atoms with Crippen molar-refractivity contribution < 1.29 is 29.5 Å². The van der Waals surface area contributed by atoms with Crippen LogP contribution in [0.2, 0.25) is 0 Å². The molecule has 0 radical (unpaired) electrons. The number of hydrogen-bond donors (Lipinski definition) is 3. The highest BCUT2D eigenvalue weighted by molar-refractivity contribution is 5.80. The fourth-order valence-electron chi connectivity index (χ4n) is 1.77. The van der Waals surface area contributed by atoms with Crippen molar-refractivity contribution in [2.45, 2.75) is 32.2 Å². The summed E-state index contributed by atoms with van der Waals surface area (Å²) in [4.78, 5) is 32.7. The van der Waals surface area contributed by atoms with Crippen LogP contribution in [0.1, 0.15) is 25.3 Å². The first kappa shape index (κ1) is 18.2. The van der Waals surface area contributed by atoms with Gasteiger partial charge in [0.05, 0.1) is 11.5 Å². The Balaban J connectivity index is 2.76. The van der Waals surface area contributed by atoms with Crippen LogP contribution >= 0.6 is 0 Å². The molecule has 0 saturated heterocycles. The van der Waals surface area contributed by atoms with E-state index in [1.807, 2.05) is 6.92 Å². The highest BCUT2D eigenvalue weighted by Gasteiger charge is 2.23. The van der Waals surface area contributed by atoms with Gasteiger partial charge < -0.3 is 20.3 Å². The Morgan fingerprint density at radius 3 is 2.70 bits per heavy atom. The summed E-state index contributed by atoms with van der Waals surface area (Å²) in [6.07, 6.45) is 0.445. The van der Waals surface area contributed by atoms with Crippen molar-refractivity contribution in [1.82, 2.24) is 5.32 Å². The average molecular weight is 326 g/mol. The molecule has 9 nitrogen and oxygen atoms in total. The van der Waals surface area contributed by atoms with Crippen LogP contribution in [0, 0.1) is 10.1 Å². The average Bonchev–Trinajstić information content (AvgIpc) is 2.48. The number of hydrogen-bond acceptors (Lipinski definition) is 6. The lowest BCUT2D eigenvalue weighted by Gasteiger charge is -2.14. The molecule has 23 heavy (non-hydrogen) atoms. The molecule has 0 aromatic heterocycles. The second-order valence-corrected chi connectivity index (χ2v) is 4.81. The topological polar surface area (TPSA) is 139 Å². The molecule has 1 aromatic carbocycles. The van der Waals surface area contributed by atoms with Crippen molar-refractivity contribution in [3.8, 4) is 5.75 Å². The Morgan fingerprint density at radius 2 is 2.13 bits per heavy atom. The second-order valence-electron chi connectivity index (χ2n) is 4.81. The number of nitro benzene ring substituents is 1. The van der Waals surface area contributed by atoms with E-state index < -0.39 is 34.5 Å². The van der Waals surface area contributed by atoms with Gasteiger partial charge >= 0.3 is 17.7 Å². The third-order valence-electron chi connectivity index (χ3n) is 3.00. The molecule has 0 spiro atoms. The molecule has 1 unspecified atom stereocenters. The van der Waals surface area contributed by atoms with Gasteiger partial charge in [0.15, 0.2) is 5.75 Å². The number of nitrogens with zero attached hydrogens (tertiary/aromatic N) is 1. The van der Waals surface area contributed by atoms with Crippen molar-refractivity contribution in [2.24, 2.45) is 0 Å². The largest absolute Gasteiger partial charge is 0.502 e. The van der Waals surface area contributed by atoms with Crippen LogP contribution in [0.5, 0.6) is 5.75 Å². The van der Waals surface area contributed by atoms with E-state index in [4.69, 9.17) is 9.84 Å². The van der Waals surface area contributed by atoms with E-state index in [0.717, 1.165) is 18.6 Å². The Labute approximate surface area is 132 Å².